The Bertz CT molecular complexity index is 1120. The number of rotatable bonds is 9. The Labute approximate surface area is 195 Å². The molecule has 2 N–H and O–H groups in total. The molecule has 3 aromatic rings. The molecule has 1 unspecified atom stereocenters. The molecule has 3 aromatic carbocycles. The monoisotopic (exact) mass is 472 g/mol. The van der Waals surface area contributed by atoms with Crippen LogP contribution in [-0.4, -0.2) is 28.0 Å². The van der Waals surface area contributed by atoms with E-state index in [9.17, 15) is 19.4 Å². The minimum absolute atomic E-state index is 0.0953. The maximum absolute atomic E-state index is 16.3. The summed E-state index contributed by atoms with van der Waals surface area (Å²) >= 11 is 5.94. The number of carbonyl (C=O) groups is 1. The molecule has 172 valence electrons. The zero-order chi connectivity index (χ0) is 23.6. The topological polar surface area (TPSA) is 66.8 Å². The van der Waals surface area contributed by atoms with Crippen LogP contribution in [-0.2, 0) is 11.2 Å². The summed E-state index contributed by atoms with van der Waals surface area (Å²) in [6.07, 6.45) is -0.855. The van der Waals surface area contributed by atoms with Crippen molar-refractivity contribution in [1.82, 2.24) is 0 Å². The second-order valence-electron chi connectivity index (χ2n) is 8.34. The summed E-state index contributed by atoms with van der Waals surface area (Å²) < 4.78 is 36.1. The number of para-hydroxylation sites is 1. The Balaban J connectivity index is 1.62. The van der Waals surface area contributed by atoms with Crippen molar-refractivity contribution in [3.05, 3.63) is 94.8 Å². The van der Waals surface area contributed by atoms with Crippen LogP contribution in [0, 0.1) is 11.7 Å². The zero-order valence-electron chi connectivity index (χ0n) is 17.6. The van der Waals surface area contributed by atoms with E-state index < -0.39 is 29.5 Å². The first-order chi connectivity index (χ1) is 15.8. The van der Waals surface area contributed by atoms with Crippen LogP contribution < -0.4 is 4.74 Å². The van der Waals surface area contributed by atoms with Gasteiger partial charge in [-0.1, -0.05) is 48.0 Å². The second-order valence-corrected chi connectivity index (χ2v) is 8.78. The highest BCUT2D eigenvalue weighted by atomic mass is 35.5. The molecule has 0 heterocycles. The van der Waals surface area contributed by atoms with Crippen molar-refractivity contribution in [3.63, 3.8) is 0 Å². The van der Waals surface area contributed by atoms with Crippen LogP contribution in [0.2, 0.25) is 5.02 Å². The van der Waals surface area contributed by atoms with E-state index in [4.69, 9.17) is 16.3 Å². The van der Waals surface area contributed by atoms with Crippen LogP contribution in [0.1, 0.15) is 29.9 Å². The minimum Gasteiger partial charge on any atom is -0.479 e. The van der Waals surface area contributed by atoms with Crippen LogP contribution in [0.3, 0.4) is 0 Å². The summed E-state index contributed by atoms with van der Waals surface area (Å²) in [6.45, 7) is 0. The lowest BCUT2D eigenvalue weighted by molar-refractivity contribution is -0.163. The van der Waals surface area contributed by atoms with E-state index in [1.807, 2.05) is 0 Å². The highest BCUT2D eigenvalue weighted by molar-refractivity contribution is 6.30. The Morgan fingerprint density at radius 2 is 1.76 bits per heavy atom. The summed E-state index contributed by atoms with van der Waals surface area (Å²) in [7, 11) is 0. The van der Waals surface area contributed by atoms with Gasteiger partial charge in [0.2, 0.25) is 5.67 Å². The smallest absolute Gasteiger partial charge is 0.344 e. The highest BCUT2D eigenvalue weighted by Crippen LogP contribution is 2.51. The van der Waals surface area contributed by atoms with E-state index in [0.29, 0.717) is 34.7 Å². The van der Waals surface area contributed by atoms with E-state index in [2.05, 4.69) is 0 Å². The summed E-state index contributed by atoms with van der Waals surface area (Å²) in [5.74, 6) is -3.28. The Morgan fingerprint density at radius 1 is 1.09 bits per heavy atom. The molecule has 0 amide bonds. The van der Waals surface area contributed by atoms with Crippen molar-refractivity contribution in [2.24, 2.45) is 5.92 Å². The molecular formula is C26H23ClF2O4. The minimum atomic E-state index is -2.94. The number of ether oxygens (including phenoxy) is 1. The van der Waals surface area contributed by atoms with Gasteiger partial charge in [-0.2, -0.15) is 0 Å². The van der Waals surface area contributed by atoms with Crippen LogP contribution in [0.5, 0.6) is 11.5 Å². The van der Waals surface area contributed by atoms with Gasteiger partial charge in [-0.25, -0.2) is 13.6 Å². The van der Waals surface area contributed by atoms with Crippen molar-refractivity contribution in [3.8, 4) is 11.5 Å². The van der Waals surface area contributed by atoms with Crippen molar-refractivity contribution < 1.29 is 28.5 Å². The fraction of sp³-hybridized carbons (Fsp3) is 0.269. The Morgan fingerprint density at radius 3 is 2.36 bits per heavy atom. The first kappa shape index (κ1) is 23.2. The number of carboxylic acid groups (broad SMARTS) is 1. The van der Waals surface area contributed by atoms with Crippen LogP contribution in [0.15, 0.2) is 72.8 Å². The third-order valence-corrected chi connectivity index (χ3v) is 6.24. The summed E-state index contributed by atoms with van der Waals surface area (Å²) in [5, 5.41) is 21.2. The maximum Gasteiger partial charge on any atom is 0.344 e. The molecule has 0 saturated heterocycles. The van der Waals surface area contributed by atoms with Gasteiger partial charge in [0.25, 0.3) is 0 Å². The number of aliphatic hydroxyl groups is 1. The molecule has 33 heavy (non-hydrogen) atoms. The maximum atomic E-state index is 16.3. The van der Waals surface area contributed by atoms with Crippen LogP contribution in [0.4, 0.5) is 8.78 Å². The number of aliphatic carboxylic acids is 1. The van der Waals surface area contributed by atoms with Crippen molar-refractivity contribution in [2.45, 2.75) is 37.0 Å². The number of benzene rings is 3. The van der Waals surface area contributed by atoms with E-state index in [1.165, 1.54) is 12.1 Å². The summed E-state index contributed by atoms with van der Waals surface area (Å²) in [4.78, 5) is 12.2. The highest BCUT2D eigenvalue weighted by Gasteiger charge is 2.57. The van der Waals surface area contributed by atoms with Crippen molar-refractivity contribution in [1.29, 1.82) is 0 Å². The van der Waals surface area contributed by atoms with Gasteiger partial charge < -0.3 is 14.9 Å². The summed E-state index contributed by atoms with van der Waals surface area (Å²) in [6, 6.07) is 18.8. The molecule has 1 aliphatic rings. The zero-order valence-corrected chi connectivity index (χ0v) is 18.4. The van der Waals surface area contributed by atoms with E-state index in [-0.39, 0.29) is 18.1 Å². The van der Waals surface area contributed by atoms with Gasteiger partial charge in [0.15, 0.2) is 11.6 Å². The van der Waals surface area contributed by atoms with Crippen molar-refractivity contribution >= 4 is 17.6 Å². The average molecular weight is 473 g/mol. The predicted octanol–water partition coefficient (Wildman–Crippen LogP) is 6.16. The molecule has 0 spiro atoms. The number of alkyl halides is 1. The average Bonchev–Trinajstić information content (AvgIpc) is 3.63. The van der Waals surface area contributed by atoms with Gasteiger partial charge in [0, 0.05) is 17.4 Å². The normalized spacial score (nSPS) is 17.1. The number of aliphatic hydroxyl groups excluding tert-OH is 1. The first-order valence-corrected chi connectivity index (χ1v) is 11.0. The molecule has 0 radical (unpaired) electrons. The molecular weight excluding hydrogens is 450 g/mol. The molecule has 4 rings (SSSR count). The molecule has 1 aliphatic carbocycles. The van der Waals surface area contributed by atoms with Gasteiger partial charge in [0.1, 0.15) is 11.9 Å². The number of halogens is 3. The molecule has 0 aromatic heterocycles. The molecule has 4 nitrogen and oxygen atoms in total. The first-order valence-electron chi connectivity index (χ1n) is 10.7. The summed E-state index contributed by atoms with van der Waals surface area (Å²) in [5.41, 5.74) is -2.12. The van der Waals surface area contributed by atoms with Gasteiger partial charge >= 0.3 is 5.97 Å². The fourth-order valence-corrected chi connectivity index (χ4v) is 4.31. The lowest BCUT2D eigenvalue weighted by atomic mass is 9.75. The molecule has 7 heteroatoms. The van der Waals surface area contributed by atoms with Gasteiger partial charge in [-0.3, -0.25) is 0 Å². The quantitative estimate of drug-likeness (QED) is 0.391. The molecule has 3 atom stereocenters. The standard InChI is InChI=1S/C26H23ClF2O4/c27-19-11-9-18(10-12-19)24(17-7-8-17)26(29,25(31)32)23(30)15-16-6-13-21(28)22(14-16)33-20-4-2-1-3-5-20/h1-6,9-14,17,23-24,30H,7-8,15H2,(H,31,32)/t23-,24?,26+/m0/s1. The van der Waals surface area contributed by atoms with Crippen LogP contribution >= 0.6 is 11.6 Å². The third kappa shape index (κ3) is 5.02. The van der Waals surface area contributed by atoms with Crippen molar-refractivity contribution in [2.75, 3.05) is 0 Å². The van der Waals surface area contributed by atoms with Gasteiger partial charge in [-0.15, -0.1) is 0 Å². The lowest BCUT2D eigenvalue weighted by Gasteiger charge is -2.35. The predicted molar refractivity (Wildman–Crippen MR) is 121 cm³/mol. The largest absolute Gasteiger partial charge is 0.479 e. The Kier molecular flexibility index (Phi) is 6.68. The lowest BCUT2D eigenvalue weighted by Crippen LogP contribution is -2.52. The van der Waals surface area contributed by atoms with Crippen LogP contribution in [0.25, 0.3) is 0 Å². The third-order valence-electron chi connectivity index (χ3n) is 5.98. The second kappa shape index (κ2) is 9.49. The van der Waals surface area contributed by atoms with Gasteiger partial charge in [-0.05, 0) is 66.3 Å². The van der Waals surface area contributed by atoms with E-state index in [1.54, 1.807) is 54.6 Å². The van der Waals surface area contributed by atoms with E-state index in [0.717, 1.165) is 6.07 Å². The number of hydrogen-bond donors (Lipinski definition) is 2. The molecule has 0 bridgehead atoms. The SMILES string of the molecule is O=C(O)[C@](F)(C(c1ccc(Cl)cc1)C1CC1)[C@@H](O)Cc1ccc(F)c(Oc2ccccc2)c1. The molecule has 0 aliphatic heterocycles. The van der Waals surface area contributed by atoms with Gasteiger partial charge in [0.05, 0.1) is 0 Å². The fourth-order valence-electron chi connectivity index (χ4n) is 4.18. The number of carboxylic acids is 1. The molecule has 1 fully saturated rings. The van der Waals surface area contributed by atoms with E-state index >= 15 is 4.39 Å². The molecule has 1 saturated carbocycles. The number of hydrogen-bond acceptors (Lipinski definition) is 3. The Hall–Kier alpha value is -2.96.